The summed E-state index contributed by atoms with van der Waals surface area (Å²) in [5, 5.41) is 9.12. The molecule has 4 heterocycles. The first kappa shape index (κ1) is 19.5. The van der Waals surface area contributed by atoms with E-state index in [-0.39, 0.29) is 5.82 Å². The van der Waals surface area contributed by atoms with Crippen molar-refractivity contribution in [2.24, 2.45) is 4.99 Å². The number of nitrogens with zero attached hydrogens (tertiary/aromatic N) is 6. The molecule has 0 spiro atoms. The third kappa shape index (κ3) is 3.42. The van der Waals surface area contributed by atoms with Gasteiger partial charge in [0.05, 0.1) is 54.6 Å². The van der Waals surface area contributed by atoms with E-state index in [2.05, 4.69) is 20.2 Å². The second-order valence-corrected chi connectivity index (χ2v) is 7.95. The molecule has 9 heteroatoms. The summed E-state index contributed by atoms with van der Waals surface area (Å²) in [4.78, 5) is 9.04. The van der Waals surface area contributed by atoms with Crippen molar-refractivity contribution in [1.29, 1.82) is 0 Å². The van der Waals surface area contributed by atoms with Gasteiger partial charge in [-0.2, -0.15) is 0 Å². The molecule has 0 atom stereocenters. The van der Waals surface area contributed by atoms with Gasteiger partial charge in [-0.15, -0.1) is 0 Å². The number of anilines is 1. The van der Waals surface area contributed by atoms with Crippen molar-refractivity contribution in [3.8, 4) is 5.69 Å². The lowest BCUT2D eigenvalue weighted by Gasteiger charge is -2.43. The van der Waals surface area contributed by atoms with Gasteiger partial charge in [-0.3, -0.25) is 15.0 Å². The van der Waals surface area contributed by atoms with E-state index >= 15 is 0 Å². The van der Waals surface area contributed by atoms with Crippen LogP contribution < -0.4 is 5.01 Å². The van der Waals surface area contributed by atoms with E-state index in [1.165, 1.54) is 12.1 Å². The molecule has 8 nitrogen and oxygen atoms in total. The van der Waals surface area contributed by atoms with E-state index < -0.39 is 0 Å². The van der Waals surface area contributed by atoms with E-state index in [4.69, 9.17) is 14.3 Å². The summed E-state index contributed by atoms with van der Waals surface area (Å²) >= 11 is 0. The number of aromatic nitrogens is 3. The molecule has 0 amide bonds. The minimum atomic E-state index is -0.251. The lowest BCUT2D eigenvalue weighted by Crippen LogP contribution is -2.55. The number of hydrazine groups is 1. The number of benzene rings is 2. The Hall–Kier alpha value is -4.14. The standard InChI is InChI=1S/C24H21FN6O2/c1-16-14-29(15-27-16)21-7-2-17(20-13-28-33-23(20)21)12-22-24-26-8-9-30(31(24)10-11-32-22)19-5-3-18(25)4-6-19/h2-7,12-15H,8-11H2,1H3. The molecule has 6 rings (SSSR count). The second-order valence-electron chi connectivity index (χ2n) is 7.95. The van der Waals surface area contributed by atoms with Gasteiger partial charge in [0.2, 0.25) is 0 Å². The average Bonchev–Trinajstić information content (AvgIpc) is 3.49. The van der Waals surface area contributed by atoms with Crippen molar-refractivity contribution < 1.29 is 13.7 Å². The van der Waals surface area contributed by atoms with E-state index in [0.29, 0.717) is 31.0 Å². The highest BCUT2D eigenvalue weighted by Crippen LogP contribution is 2.30. The van der Waals surface area contributed by atoms with E-state index in [1.807, 2.05) is 35.9 Å². The molecular weight excluding hydrogens is 423 g/mol. The van der Waals surface area contributed by atoms with Crippen molar-refractivity contribution in [3.63, 3.8) is 0 Å². The molecule has 2 aromatic heterocycles. The monoisotopic (exact) mass is 444 g/mol. The summed E-state index contributed by atoms with van der Waals surface area (Å²) in [7, 11) is 0. The number of hydrogen-bond donors (Lipinski definition) is 0. The molecule has 0 saturated carbocycles. The van der Waals surface area contributed by atoms with Gasteiger partial charge in [0.25, 0.3) is 0 Å². The quantitative estimate of drug-likeness (QED) is 0.476. The van der Waals surface area contributed by atoms with Gasteiger partial charge in [-0.05, 0) is 48.9 Å². The van der Waals surface area contributed by atoms with Crippen LogP contribution in [-0.4, -0.2) is 51.8 Å². The van der Waals surface area contributed by atoms with Gasteiger partial charge < -0.3 is 13.8 Å². The van der Waals surface area contributed by atoms with Crippen LogP contribution in [0, 0.1) is 12.7 Å². The predicted octanol–water partition coefficient (Wildman–Crippen LogP) is 3.97. The van der Waals surface area contributed by atoms with Crippen LogP contribution in [-0.2, 0) is 4.74 Å². The summed E-state index contributed by atoms with van der Waals surface area (Å²) in [6.07, 6.45) is 7.39. The third-order valence-electron chi connectivity index (χ3n) is 5.83. The number of halogens is 1. The summed E-state index contributed by atoms with van der Waals surface area (Å²) in [5.74, 6) is 1.19. The van der Waals surface area contributed by atoms with Gasteiger partial charge >= 0.3 is 0 Å². The normalized spacial score (nSPS) is 17.3. The van der Waals surface area contributed by atoms with Crippen LogP contribution in [0.4, 0.5) is 10.1 Å². The largest absolute Gasteiger partial charge is 0.488 e. The molecule has 0 bridgehead atoms. The summed E-state index contributed by atoms with van der Waals surface area (Å²) in [6, 6.07) is 10.5. The van der Waals surface area contributed by atoms with Gasteiger partial charge in [-0.25, -0.2) is 9.37 Å². The summed E-state index contributed by atoms with van der Waals surface area (Å²) in [6.45, 7) is 4.46. The number of aliphatic imine (C=N–C) groups is 1. The topological polar surface area (TPSA) is 71.9 Å². The molecule has 1 saturated heterocycles. The molecule has 2 aliphatic rings. The predicted molar refractivity (Wildman–Crippen MR) is 123 cm³/mol. The fourth-order valence-electron chi connectivity index (χ4n) is 4.28. The first-order valence-corrected chi connectivity index (χ1v) is 10.8. The van der Waals surface area contributed by atoms with Crippen LogP contribution in [0.5, 0.6) is 0 Å². The Morgan fingerprint density at radius 2 is 1.94 bits per heavy atom. The van der Waals surface area contributed by atoms with Crippen LogP contribution in [0.2, 0.25) is 0 Å². The maximum atomic E-state index is 13.4. The summed E-state index contributed by atoms with van der Waals surface area (Å²) in [5.41, 5.74) is 4.31. The van der Waals surface area contributed by atoms with Crippen LogP contribution in [0.3, 0.4) is 0 Å². The highest BCUT2D eigenvalue weighted by Gasteiger charge is 2.31. The number of ether oxygens (including phenoxy) is 1. The average molecular weight is 444 g/mol. The fraction of sp³-hybridized carbons (Fsp3) is 0.208. The van der Waals surface area contributed by atoms with Crippen molar-refractivity contribution in [3.05, 3.63) is 78.0 Å². The molecule has 33 heavy (non-hydrogen) atoms. The SMILES string of the molecule is Cc1cn(-c2ccc(C=C3OCCN4C3=NCCN4c3ccc(F)cc3)c3cnoc23)cn1. The zero-order chi connectivity index (χ0) is 22.4. The zero-order valence-electron chi connectivity index (χ0n) is 18.0. The minimum absolute atomic E-state index is 0.251. The Morgan fingerprint density at radius 3 is 2.76 bits per heavy atom. The molecule has 4 aromatic rings. The Morgan fingerprint density at radius 1 is 1.06 bits per heavy atom. The van der Waals surface area contributed by atoms with Crippen LogP contribution >= 0.6 is 0 Å². The first-order chi connectivity index (χ1) is 16.2. The van der Waals surface area contributed by atoms with E-state index in [9.17, 15) is 4.39 Å². The lowest BCUT2D eigenvalue weighted by atomic mass is 10.1. The van der Waals surface area contributed by atoms with Gasteiger partial charge in [0.15, 0.2) is 17.2 Å². The van der Waals surface area contributed by atoms with Gasteiger partial charge in [0, 0.05) is 6.20 Å². The van der Waals surface area contributed by atoms with Crippen LogP contribution in [0.15, 0.2) is 70.4 Å². The highest BCUT2D eigenvalue weighted by atomic mass is 19.1. The first-order valence-electron chi connectivity index (χ1n) is 10.8. The van der Waals surface area contributed by atoms with Gasteiger partial charge in [0.1, 0.15) is 12.4 Å². The lowest BCUT2D eigenvalue weighted by molar-refractivity contribution is 0.160. The molecule has 0 aliphatic carbocycles. The van der Waals surface area contributed by atoms with E-state index in [1.54, 1.807) is 24.7 Å². The Bertz CT molecular complexity index is 1390. The number of imidazole rings is 1. The van der Waals surface area contributed by atoms with E-state index in [0.717, 1.165) is 40.4 Å². The van der Waals surface area contributed by atoms with Gasteiger partial charge in [-0.1, -0.05) is 11.2 Å². The van der Waals surface area contributed by atoms with Crippen molar-refractivity contribution in [2.45, 2.75) is 6.92 Å². The van der Waals surface area contributed by atoms with Crippen molar-refractivity contribution in [2.75, 3.05) is 31.3 Å². The molecule has 2 aromatic carbocycles. The second kappa shape index (κ2) is 7.77. The molecule has 2 aliphatic heterocycles. The molecular formula is C24H21FN6O2. The minimum Gasteiger partial charge on any atom is -0.488 e. The Balaban J connectivity index is 1.37. The number of fused-ring (bicyclic) bond motifs is 2. The molecule has 1 fully saturated rings. The number of morpholine rings is 1. The maximum absolute atomic E-state index is 13.4. The van der Waals surface area contributed by atoms with Crippen LogP contribution in [0.1, 0.15) is 11.3 Å². The number of rotatable bonds is 3. The highest BCUT2D eigenvalue weighted by molar-refractivity contribution is 6.04. The molecule has 0 unspecified atom stereocenters. The Labute approximate surface area is 189 Å². The smallest absolute Gasteiger partial charge is 0.191 e. The maximum Gasteiger partial charge on any atom is 0.191 e. The number of aryl methyl sites for hydroxylation is 1. The zero-order valence-corrected chi connectivity index (χ0v) is 18.0. The Kier molecular flexibility index (Phi) is 4.60. The molecule has 0 N–H and O–H groups in total. The van der Waals surface area contributed by atoms with Crippen molar-refractivity contribution in [1.82, 2.24) is 19.7 Å². The number of hydrogen-bond acceptors (Lipinski definition) is 7. The summed E-state index contributed by atoms with van der Waals surface area (Å²) < 4.78 is 27.0. The van der Waals surface area contributed by atoms with Crippen molar-refractivity contribution >= 4 is 28.6 Å². The third-order valence-corrected chi connectivity index (χ3v) is 5.83. The fourth-order valence-corrected chi connectivity index (χ4v) is 4.28. The molecule has 166 valence electrons. The molecule has 0 radical (unpaired) electrons. The number of amidine groups is 1. The van der Waals surface area contributed by atoms with Crippen LogP contribution in [0.25, 0.3) is 22.7 Å².